The van der Waals surface area contributed by atoms with Gasteiger partial charge in [-0.1, -0.05) is 11.6 Å². The molecule has 0 atom stereocenters. The van der Waals surface area contributed by atoms with Gasteiger partial charge in [-0.25, -0.2) is 4.79 Å². The molecule has 1 aromatic carbocycles. The molecule has 0 bridgehead atoms. The Morgan fingerprint density at radius 1 is 1.29 bits per heavy atom. The van der Waals surface area contributed by atoms with E-state index in [9.17, 15) is 9.59 Å². The summed E-state index contributed by atoms with van der Waals surface area (Å²) < 4.78 is 10.3. The van der Waals surface area contributed by atoms with Crippen LogP contribution in [0.5, 0.6) is 11.5 Å². The van der Waals surface area contributed by atoms with Crippen molar-refractivity contribution in [3.05, 3.63) is 28.4 Å². The van der Waals surface area contributed by atoms with Gasteiger partial charge in [0.05, 0.1) is 19.2 Å². The van der Waals surface area contributed by atoms with Crippen molar-refractivity contribution in [1.29, 1.82) is 0 Å². The zero-order chi connectivity index (χ0) is 15.6. The summed E-state index contributed by atoms with van der Waals surface area (Å²) in [6.07, 6.45) is 1.55. The Kier molecular flexibility index (Phi) is 4.37. The molecule has 112 valence electrons. The van der Waals surface area contributed by atoms with E-state index >= 15 is 0 Å². The molecular weight excluding hydrogens is 296 g/mol. The van der Waals surface area contributed by atoms with Crippen molar-refractivity contribution in [3.63, 3.8) is 0 Å². The van der Waals surface area contributed by atoms with Crippen LogP contribution >= 0.6 is 11.6 Å². The number of methoxy groups -OCH3 is 2. The number of hydrogen-bond donors (Lipinski definition) is 1. The number of hydrogen-bond acceptors (Lipinski definition) is 4. The number of rotatable bonds is 4. The minimum Gasteiger partial charge on any atom is -0.493 e. The van der Waals surface area contributed by atoms with E-state index in [0.717, 1.165) is 4.90 Å². The molecule has 3 amide bonds. The van der Waals surface area contributed by atoms with Crippen LogP contribution in [0.3, 0.4) is 0 Å². The average molecular weight is 311 g/mol. The maximum absolute atomic E-state index is 12.0. The van der Waals surface area contributed by atoms with Gasteiger partial charge < -0.3 is 14.8 Å². The minimum atomic E-state index is -0.430. The van der Waals surface area contributed by atoms with Gasteiger partial charge in [0.15, 0.2) is 11.5 Å². The second-order valence-corrected chi connectivity index (χ2v) is 4.68. The molecule has 7 heteroatoms. The first-order chi connectivity index (χ1) is 10.0. The maximum atomic E-state index is 12.0. The molecule has 1 aliphatic rings. The number of benzene rings is 1. The second kappa shape index (κ2) is 6.05. The quantitative estimate of drug-likeness (QED) is 0.684. The minimum absolute atomic E-state index is 0.199. The van der Waals surface area contributed by atoms with E-state index < -0.39 is 6.03 Å². The Balaban J connectivity index is 2.40. The van der Waals surface area contributed by atoms with Crippen LogP contribution in [0.4, 0.5) is 4.79 Å². The molecule has 0 aliphatic carbocycles. The van der Waals surface area contributed by atoms with Crippen LogP contribution in [-0.2, 0) is 4.79 Å². The van der Waals surface area contributed by atoms with Gasteiger partial charge in [-0.05, 0) is 30.7 Å². The standard InChI is InChI=1S/C14H15ClN2O4/c1-4-17-13(18)10(16-14(17)19)6-8-5-9(15)12(21-3)11(7-8)20-2/h5-7H,4H2,1-3H3,(H,16,19)/b10-6+. The van der Waals surface area contributed by atoms with Gasteiger partial charge in [0.25, 0.3) is 5.91 Å². The third-order valence-electron chi connectivity index (χ3n) is 3.05. The summed E-state index contributed by atoms with van der Waals surface area (Å²) >= 11 is 6.10. The number of nitrogens with one attached hydrogen (secondary N) is 1. The van der Waals surface area contributed by atoms with Crippen molar-refractivity contribution < 1.29 is 19.1 Å². The van der Waals surface area contributed by atoms with Gasteiger partial charge in [-0.15, -0.1) is 0 Å². The number of nitrogens with zero attached hydrogens (tertiary/aromatic N) is 1. The number of likely N-dealkylation sites (N-methyl/N-ethyl adjacent to an activating group) is 1. The zero-order valence-electron chi connectivity index (χ0n) is 11.9. The van der Waals surface area contributed by atoms with E-state index in [0.29, 0.717) is 28.6 Å². The summed E-state index contributed by atoms with van der Waals surface area (Å²) in [6, 6.07) is 2.87. The van der Waals surface area contributed by atoms with E-state index in [4.69, 9.17) is 21.1 Å². The lowest BCUT2D eigenvalue weighted by atomic mass is 10.1. The summed E-state index contributed by atoms with van der Waals surface area (Å²) in [6.45, 7) is 2.04. The number of urea groups is 1. The average Bonchev–Trinajstić information content (AvgIpc) is 2.72. The molecule has 1 N–H and O–H groups in total. The van der Waals surface area contributed by atoms with Crippen LogP contribution in [0.15, 0.2) is 17.8 Å². The number of ether oxygens (including phenoxy) is 2. The lowest BCUT2D eigenvalue weighted by molar-refractivity contribution is -0.122. The molecule has 1 fully saturated rings. The molecule has 0 spiro atoms. The molecule has 0 aromatic heterocycles. The molecule has 0 radical (unpaired) electrons. The number of amides is 3. The van der Waals surface area contributed by atoms with Gasteiger partial charge in [0, 0.05) is 6.54 Å². The highest BCUT2D eigenvalue weighted by atomic mass is 35.5. The molecule has 21 heavy (non-hydrogen) atoms. The number of carbonyl (C=O) groups is 2. The van der Waals surface area contributed by atoms with Crippen LogP contribution in [0.1, 0.15) is 12.5 Å². The Labute approximate surface area is 127 Å². The number of halogens is 1. The number of imide groups is 1. The van der Waals surface area contributed by atoms with Gasteiger partial charge in [0.2, 0.25) is 0 Å². The van der Waals surface area contributed by atoms with E-state index in [1.165, 1.54) is 14.2 Å². The van der Waals surface area contributed by atoms with E-state index in [1.54, 1.807) is 25.1 Å². The Hall–Kier alpha value is -2.21. The fourth-order valence-electron chi connectivity index (χ4n) is 2.05. The first kappa shape index (κ1) is 15.2. The normalized spacial score (nSPS) is 16.4. The predicted molar refractivity (Wildman–Crippen MR) is 78.5 cm³/mol. The summed E-state index contributed by atoms with van der Waals surface area (Å²) in [7, 11) is 2.98. The van der Waals surface area contributed by atoms with Crippen molar-refractivity contribution in [2.45, 2.75) is 6.92 Å². The highest BCUT2D eigenvalue weighted by Gasteiger charge is 2.32. The fraction of sp³-hybridized carbons (Fsp3) is 0.286. The zero-order valence-corrected chi connectivity index (χ0v) is 12.7. The van der Waals surface area contributed by atoms with E-state index in [2.05, 4.69) is 5.32 Å². The maximum Gasteiger partial charge on any atom is 0.328 e. The fourth-order valence-corrected chi connectivity index (χ4v) is 2.34. The molecule has 0 unspecified atom stereocenters. The molecule has 0 saturated carbocycles. The topological polar surface area (TPSA) is 67.9 Å². The first-order valence-electron chi connectivity index (χ1n) is 6.27. The number of carbonyl (C=O) groups excluding carboxylic acids is 2. The van der Waals surface area contributed by atoms with E-state index in [1.807, 2.05) is 0 Å². The van der Waals surface area contributed by atoms with Crippen molar-refractivity contribution >= 4 is 29.6 Å². The molecule has 1 saturated heterocycles. The smallest absolute Gasteiger partial charge is 0.328 e. The Morgan fingerprint density at radius 2 is 2.00 bits per heavy atom. The molecule has 1 aromatic rings. The molecule has 1 heterocycles. The van der Waals surface area contributed by atoms with Crippen molar-refractivity contribution in [1.82, 2.24) is 10.2 Å². The van der Waals surface area contributed by atoms with Gasteiger partial charge >= 0.3 is 6.03 Å². The molecule has 2 rings (SSSR count). The summed E-state index contributed by atoms with van der Waals surface area (Å²) in [5.41, 5.74) is 0.824. The van der Waals surface area contributed by atoms with Gasteiger partial charge in [-0.2, -0.15) is 0 Å². The van der Waals surface area contributed by atoms with Crippen LogP contribution in [0.25, 0.3) is 6.08 Å². The van der Waals surface area contributed by atoms with E-state index in [-0.39, 0.29) is 11.6 Å². The van der Waals surface area contributed by atoms with Crippen LogP contribution in [0, 0.1) is 0 Å². The first-order valence-corrected chi connectivity index (χ1v) is 6.65. The Morgan fingerprint density at radius 3 is 2.52 bits per heavy atom. The second-order valence-electron chi connectivity index (χ2n) is 4.28. The highest BCUT2D eigenvalue weighted by Crippen LogP contribution is 2.36. The lowest BCUT2D eigenvalue weighted by Gasteiger charge is -2.10. The van der Waals surface area contributed by atoms with Crippen LogP contribution in [0.2, 0.25) is 5.02 Å². The van der Waals surface area contributed by atoms with Crippen molar-refractivity contribution in [3.8, 4) is 11.5 Å². The van der Waals surface area contributed by atoms with Crippen molar-refractivity contribution in [2.24, 2.45) is 0 Å². The molecule has 1 aliphatic heterocycles. The summed E-state index contributed by atoms with van der Waals surface area (Å²) in [5.74, 6) is 0.493. The third-order valence-corrected chi connectivity index (χ3v) is 3.33. The van der Waals surface area contributed by atoms with Crippen molar-refractivity contribution in [2.75, 3.05) is 20.8 Å². The highest BCUT2D eigenvalue weighted by molar-refractivity contribution is 6.32. The SMILES string of the molecule is CCN1C(=O)N/C(=C/c2cc(Cl)c(OC)c(OC)c2)C1=O. The van der Waals surface area contributed by atoms with Gasteiger partial charge in [-0.3, -0.25) is 9.69 Å². The Bertz CT molecular complexity index is 628. The predicted octanol–water partition coefficient (Wildman–Crippen LogP) is 2.27. The monoisotopic (exact) mass is 310 g/mol. The summed E-state index contributed by atoms with van der Waals surface area (Å²) in [5, 5.41) is 2.88. The molecular formula is C14H15ClN2O4. The summed E-state index contributed by atoms with van der Waals surface area (Å²) in [4.78, 5) is 24.7. The third kappa shape index (κ3) is 2.80. The lowest BCUT2D eigenvalue weighted by Crippen LogP contribution is -2.30. The largest absolute Gasteiger partial charge is 0.493 e. The van der Waals surface area contributed by atoms with Gasteiger partial charge in [0.1, 0.15) is 5.70 Å². The molecule has 6 nitrogen and oxygen atoms in total. The van der Waals surface area contributed by atoms with Crippen LogP contribution < -0.4 is 14.8 Å². The van der Waals surface area contributed by atoms with Crippen LogP contribution in [-0.4, -0.2) is 37.6 Å².